The molecule has 0 spiro atoms. The van der Waals surface area contributed by atoms with Gasteiger partial charge in [-0.15, -0.1) is 0 Å². The number of hydrogen-bond donors (Lipinski definition) is 5. The van der Waals surface area contributed by atoms with E-state index >= 15 is 0 Å². The fourth-order valence-corrected chi connectivity index (χ4v) is 3.71. The molecule has 11 heteroatoms. The molecule has 1 aromatic rings. The molecule has 1 heterocycles. The van der Waals surface area contributed by atoms with Gasteiger partial charge >= 0.3 is 17.7 Å². The lowest BCUT2D eigenvalue weighted by Gasteiger charge is -2.34. The van der Waals surface area contributed by atoms with E-state index in [0.29, 0.717) is 57.4 Å². The van der Waals surface area contributed by atoms with Crippen LogP contribution in [0.5, 0.6) is 0 Å². The first-order valence-electron chi connectivity index (χ1n) is 12.3. The topological polar surface area (TPSA) is 170 Å². The van der Waals surface area contributed by atoms with Gasteiger partial charge in [-0.25, -0.2) is 9.59 Å². The second-order valence-electron chi connectivity index (χ2n) is 8.61. The number of aliphatic carboxylic acids is 1. The van der Waals surface area contributed by atoms with E-state index in [4.69, 9.17) is 10.00 Å². The molecule has 196 valence electrons. The average Bonchev–Trinajstić information content (AvgIpc) is 2.88. The second kappa shape index (κ2) is 14.8. The first-order valence-corrected chi connectivity index (χ1v) is 12.3. The van der Waals surface area contributed by atoms with Gasteiger partial charge in [0.05, 0.1) is 17.7 Å². The number of carbonyl (C=O) groups is 4. The van der Waals surface area contributed by atoms with Gasteiger partial charge in [0.15, 0.2) is 5.78 Å². The number of Topliss-reactive ketones (excluding diaryl/α,β-unsaturated/α-hetero) is 1. The van der Waals surface area contributed by atoms with E-state index < -0.39 is 29.5 Å². The van der Waals surface area contributed by atoms with Gasteiger partial charge in [-0.2, -0.15) is 5.26 Å². The van der Waals surface area contributed by atoms with Gasteiger partial charge in [-0.1, -0.05) is 13.3 Å². The third-order valence-corrected chi connectivity index (χ3v) is 5.82. The summed E-state index contributed by atoms with van der Waals surface area (Å²) in [6.45, 7) is 4.12. The number of urea groups is 1. The van der Waals surface area contributed by atoms with Crippen molar-refractivity contribution in [3.05, 3.63) is 35.4 Å². The highest BCUT2D eigenvalue weighted by Crippen LogP contribution is 2.22. The zero-order valence-electron chi connectivity index (χ0n) is 20.6. The predicted molar refractivity (Wildman–Crippen MR) is 131 cm³/mol. The Morgan fingerprint density at radius 2 is 1.72 bits per heavy atom. The largest absolute Gasteiger partial charge is 0.477 e. The van der Waals surface area contributed by atoms with Crippen molar-refractivity contribution in [2.75, 3.05) is 26.2 Å². The fourth-order valence-electron chi connectivity index (χ4n) is 3.71. The zero-order valence-corrected chi connectivity index (χ0v) is 20.6. The Morgan fingerprint density at radius 3 is 2.31 bits per heavy atom. The number of carboxylic acids is 1. The number of ketones is 1. The lowest BCUT2D eigenvalue weighted by atomic mass is 10.00. The Bertz CT molecular complexity index is 939. The number of nitrogens with one attached hydrogen (secondary N) is 4. The van der Waals surface area contributed by atoms with Crippen LogP contribution in [0.1, 0.15) is 67.8 Å². The third kappa shape index (κ3) is 8.62. The van der Waals surface area contributed by atoms with Gasteiger partial charge < -0.3 is 31.1 Å². The second-order valence-corrected chi connectivity index (χ2v) is 8.61. The maximum Gasteiger partial charge on any atom is 0.365 e. The summed E-state index contributed by atoms with van der Waals surface area (Å²) in [5, 5.41) is 29.9. The molecule has 2 rings (SSSR count). The number of ether oxygens (including phenoxy) is 1. The molecule has 1 unspecified atom stereocenters. The maximum absolute atomic E-state index is 13.2. The van der Waals surface area contributed by atoms with Gasteiger partial charge in [0.2, 0.25) is 0 Å². The van der Waals surface area contributed by atoms with E-state index in [9.17, 15) is 24.3 Å². The Kier molecular flexibility index (Phi) is 11.8. The summed E-state index contributed by atoms with van der Waals surface area (Å²) in [5.74, 6) is -3.17. The summed E-state index contributed by atoms with van der Waals surface area (Å²) in [4.78, 5) is 50.3. The number of hydrogen-bond acceptors (Lipinski definition) is 7. The molecular formula is C25H35N5O6. The van der Waals surface area contributed by atoms with Crippen molar-refractivity contribution in [3.63, 3.8) is 0 Å². The predicted octanol–water partition coefficient (Wildman–Crippen LogP) is 1.68. The van der Waals surface area contributed by atoms with Gasteiger partial charge in [0.1, 0.15) is 0 Å². The molecule has 0 bridgehead atoms. The number of benzene rings is 1. The summed E-state index contributed by atoms with van der Waals surface area (Å²) in [7, 11) is 0. The monoisotopic (exact) mass is 501 g/mol. The molecule has 1 aliphatic rings. The number of piperidine rings is 1. The number of carbonyl (C=O) groups excluding carboxylic acids is 3. The Morgan fingerprint density at radius 1 is 1.08 bits per heavy atom. The molecule has 1 fully saturated rings. The van der Waals surface area contributed by atoms with Crippen molar-refractivity contribution in [1.82, 2.24) is 21.3 Å². The van der Waals surface area contributed by atoms with E-state index in [1.807, 2.05) is 13.0 Å². The van der Waals surface area contributed by atoms with Crippen molar-refractivity contribution < 1.29 is 29.0 Å². The summed E-state index contributed by atoms with van der Waals surface area (Å²) in [5.41, 5.74) is -2.11. The van der Waals surface area contributed by atoms with Crippen molar-refractivity contribution in [1.29, 1.82) is 5.26 Å². The summed E-state index contributed by atoms with van der Waals surface area (Å²) in [6.07, 6.45) is 2.88. The molecule has 5 N–H and O–H groups in total. The van der Waals surface area contributed by atoms with Crippen LogP contribution in [0.3, 0.4) is 0 Å². The first kappa shape index (κ1) is 28.7. The highest BCUT2D eigenvalue weighted by Gasteiger charge is 2.50. The molecule has 3 amide bonds. The molecule has 0 aromatic heterocycles. The lowest BCUT2D eigenvalue weighted by molar-refractivity contribution is -0.185. The number of rotatable bonds is 14. The van der Waals surface area contributed by atoms with Crippen LogP contribution in [0.25, 0.3) is 0 Å². The molecule has 1 atom stereocenters. The Labute approximate surface area is 211 Å². The number of unbranched alkanes of at least 4 members (excludes halogenated alkanes) is 2. The standard InChI is InChI=1S/C25H35N5O6/c1-2-3-13-28-24(35)29-14-5-4-6-21(31)25(23(33)34,36-20-11-15-27-16-12-20)30-22(32)19-9-7-18(17-26)8-10-19/h7-10,20,27H,2-6,11-16H2,1H3,(H,30,32)(H,33,34)(H2,28,29,35). The van der Waals surface area contributed by atoms with Gasteiger partial charge in [-0.05, 0) is 69.5 Å². The molecule has 0 radical (unpaired) electrons. The third-order valence-electron chi connectivity index (χ3n) is 5.82. The molecule has 0 aliphatic carbocycles. The fraction of sp³-hybridized carbons (Fsp3) is 0.560. The van der Waals surface area contributed by atoms with Crippen molar-refractivity contribution in [2.24, 2.45) is 0 Å². The number of nitriles is 1. The van der Waals surface area contributed by atoms with E-state index in [1.54, 1.807) is 0 Å². The van der Waals surface area contributed by atoms with Crippen LogP contribution in [0.2, 0.25) is 0 Å². The van der Waals surface area contributed by atoms with E-state index in [2.05, 4.69) is 21.3 Å². The molecule has 1 aliphatic heterocycles. The highest BCUT2D eigenvalue weighted by atomic mass is 16.6. The van der Waals surface area contributed by atoms with E-state index in [1.165, 1.54) is 24.3 Å². The van der Waals surface area contributed by atoms with E-state index in [-0.39, 0.29) is 18.0 Å². The summed E-state index contributed by atoms with van der Waals surface area (Å²) >= 11 is 0. The molecule has 36 heavy (non-hydrogen) atoms. The minimum atomic E-state index is -2.54. The maximum atomic E-state index is 13.2. The van der Waals surface area contributed by atoms with Crippen LogP contribution in [0.15, 0.2) is 24.3 Å². The molecular weight excluding hydrogens is 466 g/mol. The quantitative estimate of drug-likeness (QED) is 0.146. The number of amides is 3. The number of carboxylic acid groups (broad SMARTS) is 1. The van der Waals surface area contributed by atoms with Gasteiger partial charge in [0.25, 0.3) is 5.91 Å². The minimum absolute atomic E-state index is 0.0969. The summed E-state index contributed by atoms with van der Waals surface area (Å²) < 4.78 is 5.84. The van der Waals surface area contributed by atoms with Crippen LogP contribution < -0.4 is 21.3 Å². The van der Waals surface area contributed by atoms with Crippen molar-refractivity contribution in [3.8, 4) is 6.07 Å². The normalized spacial score (nSPS) is 15.2. The summed E-state index contributed by atoms with van der Waals surface area (Å²) in [6, 6.07) is 7.27. The van der Waals surface area contributed by atoms with Crippen molar-refractivity contribution >= 4 is 23.7 Å². The molecule has 11 nitrogen and oxygen atoms in total. The highest BCUT2D eigenvalue weighted by molar-refractivity contribution is 6.10. The zero-order chi connectivity index (χ0) is 26.4. The van der Waals surface area contributed by atoms with E-state index in [0.717, 1.165) is 12.8 Å². The molecule has 0 saturated carbocycles. The van der Waals surface area contributed by atoms with Crippen LogP contribution in [-0.2, 0) is 14.3 Å². The van der Waals surface area contributed by atoms with Crippen molar-refractivity contribution in [2.45, 2.75) is 63.7 Å². The van der Waals surface area contributed by atoms with Crippen LogP contribution in [0, 0.1) is 11.3 Å². The molecule has 1 aromatic carbocycles. The van der Waals surface area contributed by atoms with Crippen LogP contribution in [0.4, 0.5) is 4.79 Å². The minimum Gasteiger partial charge on any atom is -0.477 e. The van der Waals surface area contributed by atoms with Crippen LogP contribution in [-0.4, -0.2) is 66.8 Å². The first-order chi connectivity index (χ1) is 17.3. The van der Waals surface area contributed by atoms with Gasteiger partial charge in [0, 0.05) is 25.1 Å². The Hall–Kier alpha value is -3.49. The smallest absolute Gasteiger partial charge is 0.365 e. The SMILES string of the molecule is CCCCNC(=O)NCCCCC(=O)C(NC(=O)c1ccc(C#N)cc1)(OC1CCNCC1)C(=O)O. The average molecular weight is 502 g/mol. The van der Waals surface area contributed by atoms with Gasteiger partial charge in [-0.3, -0.25) is 9.59 Å². The lowest BCUT2D eigenvalue weighted by Crippen LogP contribution is -2.63. The Balaban J connectivity index is 2.07. The molecule has 1 saturated heterocycles. The van der Waals surface area contributed by atoms with Crippen LogP contribution >= 0.6 is 0 Å². The number of nitrogens with zero attached hydrogens (tertiary/aromatic N) is 1.